The average Bonchev–Trinajstić information content (AvgIpc) is 2.59. The van der Waals surface area contributed by atoms with Gasteiger partial charge in [0.25, 0.3) is 0 Å². The average molecular weight is 332 g/mol. The highest BCUT2D eigenvalue weighted by atomic mass is 19.2. The molecule has 0 spiro atoms. The Balaban J connectivity index is 1.56. The lowest BCUT2D eigenvalue weighted by atomic mass is 9.78. The Hall–Kier alpha value is -1.14. The molecule has 1 saturated heterocycles. The molecule has 0 amide bonds. The van der Waals surface area contributed by atoms with Crippen molar-refractivity contribution in [2.24, 2.45) is 11.8 Å². The molecule has 1 aliphatic heterocycles. The summed E-state index contributed by atoms with van der Waals surface area (Å²) in [4.78, 5) is 0. The van der Waals surface area contributed by atoms with Crippen LogP contribution < -0.4 is 0 Å². The summed E-state index contributed by atoms with van der Waals surface area (Å²) >= 11 is 0. The van der Waals surface area contributed by atoms with Crippen LogP contribution in [0.15, 0.2) is 12.1 Å². The maximum absolute atomic E-state index is 13.3. The minimum atomic E-state index is -1.42. The van der Waals surface area contributed by atoms with E-state index in [1.165, 1.54) is 0 Å². The molecule has 0 radical (unpaired) electrons. The van der Waals surface area contributed by atoms with Crippen LogP contribution in [0.4, 0.5) is 17.6 Å². The van der Waals surface area contributed by atoms with E-state index in [1.54, 1.807) is 0 Å². The van der Waals surface area contributed by atoms with E-state index < -0.39 is 24.1 Å². The molecule has 2 aliphatic rings. The first-order valence-corrected chi connectivity index (χ1v) is 8.02. The molecule has 0 unspecified atom stereocenters. The van der Waals surface area contributed by atoms with Crippen molar-refractivity contribution in [2.45, 2.75) is 37.9 Å². The van der Waals surface area contributed by atoms with E-state index in [2.05, 4.69) is 0 Å². The number of rotatable bonds is 3. The summed E-state index contributed by atoms with van der Waals surface area (Å²) in [5.41, 5.74) is 0.503. The lowest BCUT2D eigenvalue weighted by molar-refractivity contribution is -0.230. The number of alkyl halides is 1. The second-order valence-corrected chi connectivity index (χ2v) is 6.47. The third kappa shape index (κ3) is 3.69. The van der Waals surface area contributed by atoms with Gasteiger partial charge >= 0.3 is 0 Å². The Kier molecular flexibility index (Phi) is 5.21. The highest BCUT2D eigenvalue weighted by Gasteiger charge is 2.33. The van der Waals surface area contributed by atoms with Gasteiger partial charge in [-0.3, -0.25) is 4.39 Å². The molecule has 0 aromatic heterocycles. The topological polar surface area (TPSA) is 18.5 Å². The molecule has 1 aromatic rings. The molecule has 128 valence electrons. The quantitative estimate of drug-likeness (QED) is 0.606. The van der Waals surface area contributed by atoms with Gasteiger partial charge in [-0.1, -0.05) is 0 Å². The standard InChI is InChI=1S/C17H20F4O2/c18-7-10-8-22-17(23-9-10)12-3-1-11(2-4-12)13-5-14(19)16(21)15(20)6-13/h5-6,10-12,17H,1-4,7-9H2. The number of ether oxygens (including phenoxy) is 2. The molecule has 1 heterocycles. The van der Waals surface area contributed by atoms with Crippen molar-refractivity contribution in [3.8, 4) is 0 Å². The molecule has 3 rings (SSSR count). The normalized spacial score (nSPS) is 32.0. The van der Waals surface area contributed by atoms with Gasteiger partial charge in [0, 0.05) is 11.8 Å². The minimum Gasteiger partial charge on any atom is -0.352 e. The van der Waals surface area contributed by atoms with Gasteiger partial charge < -0.3 is 9.47 Å². The van der Waals surface area contributed by atoms with Crippen LogP contribution in [0.3, 0.4) is 0 Å². The maximum Gasteiger partial charge on any atom is 0.194 e. The smallest absolute Gasteiger partial charge is 0.194 e. The molecule has 1 aromatic carbocycles. The van der Waals surface area contributed by atoms with Gasteiger partial charge in [-0.15, -0.1) is 0 Å². The Morgan fingerprint density at radius 2 is 1.48 bits per heavy atom. The molecular formula is C17H20F4O2. The minimum absolute atomic E-state index is 0.0121. The predicted molar refractivity (Wildman–Crippen MR) is 76.2 cm³/mol. The van der Waals surface area contributed by atoms with Gasteiger partial charge in [0.15, 0.2) is 23.7 Å². The van der Waals surface area contributed by atoms with E-state index in [1.807, 2.05) is 0 Å². The zero-order valence-electron chi connectivity index (χ0n) is 12.7. The largest absolute Gasteiger partial charge is 0.352 e. The Morgan fingerprint density at radius 3 is 2.00 bits per heavy atom. The van der Waals surface area contributed by atoms with Gasteiger partial charge in [-0.05, 0) is 49.3 Å². The zero-order valence-corrected chi connectivity index (χ0v) is 12.7. The SMILES string of the molecule is FCC1COC(C2CCC(c3cc(F)c(F)c(F)c3)CC2)OC1. The van der Waals surface area contributed by atoms with Gasteiger partial charge in [0.05, 0.1) is 19.9 Å². The van der Waals surface area contributed by atoms with Crippen LogP contribution in [-0.2, 0) is 9.47 Å². The third-order valence-electron chi connectivity index (χ3n) is 4.84. The van der Waals surface area contributed by atoms with Crippen molar-refractivity contribution in [1.82, 2.24) is 0 Å². The molecule has 0 atom stereocenters. The fourth-order valence-corrected chi connectivity index (χ4v) is 3.45. The van der Waals surface area contributed by atoms with E-state index in [-0.39, 0.29) is 24.0 Å². The lowest BCUT2D eigenvalue weighted by Crippen LogP contribution is -2.39. The molecular weight excluding hydrogens is 312 g/mol. The molecule has 2 fully saturated rings. The van der Waals surface area contributed by atoms with E-state index in [0.29, 0.717) is 18.8 Å². The van der Waals surface area contributed by atoms with Crippen molar-refractivity contribution in [2.75, 3.05) is 19.9 Å². The molecule has 2 nitrogen and oxygen atoms in total. The molecule has 0 bridgehead atoms. The Morgan fingerprint density at radius 1 is 0.913 bits per heavy atom. The number of halogens is 4. The van der Waals surface area contributed by atoms with Crippen LogP contribution >= 0.6 is 0 Å². The van der Waals surface area contributed by atoms with E-state index >= 15 is 0 Å². The van der Waals surface area contributed by atoms with Crippen molar-refractivity contribution in [3.63, 3.8) is 0 Å². The maximum atomic E-state index is 13.3. The lowest BCUT2D eigenvalue weighted by Gasteiger charge is -2.37. The highest BCUT2D eigenvalue weighted by Crippen LogP contribution is 2.39. The summed E-state index contributed by atoms with van der Waals surface area (Å²) in [7, 11) is 0. The van der Waals surface area contributed by atoms with Crippen molar-refractivity contribution in [1.29, 1.82) is 0 Å². The number of hydrogen-bond acceptors (Lipinski definition) is 2. The van der Waals surface area contributed by atoms with Crippen LogP contribution in [0.1, 0.15) is 37.2 Å². The summed E-state index contributed by atoms with van der Waals surface area (Å²) in [5, 5.41) is 0. The summed E-state index contributed by atoms with van der Waals surface area (Å²) < 4.78 is 63.4. The van der Waals surface area contributed by atoms with Crippen LogP contribution in [0, 0.1) is 29.3 Å². The number of hydrogen-bond donors (Lipinski definition) is 0. The first kappa shape index (κ1) is 16.7. The zero-order chi connectivity index (χ0) is 16.4. The summed E-state index contributed by atoms with van der Waals surface area (Å²) in [5.74, 6) is -3.67. The first-order chi connectivity index (χ1) is 11.1. The molecule has 0 N–H and O–H groups in total. The second-order valence-electron chi connectivity index (χ2n) is 6.47. The van der Waals surface area contributed by atoms with Gasteiger partial charge in [-0.25, -0.2) is 13.2 Å². The fraction of sp³-hybridized carbons (Fsp3) is 0.647. The molecule has 6 heteroatoms. The van der Waals surface area contributed by atoms with Crippen LogP contribution in [0.25, 0.3) is 0 Å². The van der Waals surface area contributed by atoms with Gasteiger partial charge in [0.1, 0.15) is 0 Å². The van der Waals surface area contributed by atoms with E-state index in [0.717, 1.165) is 37.8 Å². The predicted octanol–water partition coefficient (Wildman–Crippen LogP) is 4.34. The van der Waals surface area contributed by atoms with E-state index in [4.69, 9.17) is 9.47 Å². The summed E-state index contributed by atoms with van der Waals surface area (Å²) in [6.45, 7) is 0.298. The first-order valence-electron chi connectivity index (χ1n) is 8.02. The highest BCUT2D eigenvalue weighted by molar-refractivity contribution is 5.23. The van der Waals surface area contributed by atoms with Crippen molar-refractivity contribution < 1.29 is 27.0 Å². The van der Waals surface area contributed by atoms with E-state index in [9.17, 15) is 17.6 Å². The van der Waals surface area contributed by atoms with Gasteiger partial charge in [-0.2, -0.15) is 0 Å². The Bertz CT molecular complexity index is 512. The molecule has 1 aliphatic carbocycles. The van der Waals surface area contributed by atoms with Crippen LogP contribution in [0.2, 0.25) is 0 Å². The van der Waals surface area contributed by atoms with Crippen molar-refractivity contribution >= 4 is 0 Å². The summed E-state index contributed by atoms with van der Waals surface area (Å²) in [6.07, 6.45) is 2.77. The third-order valence-corrected chi connectivity index (χ3v) is 4.84. The number of benzene rings is 1. The van der Waals surface area contributed by atoms with Crippen LogP contribution in [0.5, 0.6) is 0 Å². The van der Waals surface area contributed by atoms with Gasteiger partial charge in [0.2, 0.25) is 0 Å². The second kappa shape index (κ2) is 7.18. The Labute approximate surface area is 132 Å². The molecule has 1 saturated carbocycles. The molecule has 23 heavy (non-hydrogen) atoms. The van der Waals surface area contributed by atoms with Crippen LogP contribution in [-0.4, -0.2) is 26.2 Å². The van der Waals surface area contributed by atoms with Crippen molar-refractivity contribution in [3.05, 3.63) is 35.1 Å². The fourth-order valence-electron chi connectivity index (χ4n) is 3.45. The monoisotopic (exact) mass is 332 g/mol. The summed E-state index contributed by atoms with van der Waals surface area (Å²) in [6, 6.07) is 2.17.